The fourth-order valence-electron chi connectivity index (χ4n) is 2.19. The van der Waals surface area contributed by atoms with Gasteiger partial charge in [-0.25, -0.2) is 4.39 Å². The van der Waals surface area contributed by atoms with Crippen molar-refractivity contribution in [2.45, 2.75) is 6.42 Å². The molecule has 0 atom stereocenters. The SMILES string of the molecule is O=C(Cc1ccc2ccccc2n1)c1cccc(Cl)c1F. The Kier molecular flexibility index (Phi) is 3.67. The van der Waals surface area contributed by atoms with Gasteiger partial charge in [-0.05, 0) is 24.3 Å². The van der Waals surface area contributed by atoms with Crippen LogP contribution in [0.5, 0.6) is 0 Å². The third kappa shape index (κ3) is 2.78. The Morgan fingerprint density at radius 3 is 2.71 bits per heavy atom. The first-order valence-corrected chi connectivity index (χ1v) is 6.85. The molecule has 0 saturated carbocycles. The number of rotatable bonds is 3. The molecule has 2 nitrogen and oxygen atoms in total. The summed E-state index contributed by atoms with van der Waals surface area (Å²) in [5.74, 6) is -1.01. The zero-order valence-electron chi connectivity index (χ0n) is 11.0. The highest BCUT2D eigenvalue weighted by molar-refractivity contribution is 6.31. The quantitative estimate of drug-likeness (QED) is 0.669. The summed E-state index contributed by atoms with van der Waals surface area (Å²) in [7, 11) is 0. The number of carbonyl (C=O) groups is 1. The largest absolute Gasteiger partial charge is 0.294 e. The summed E-state index contributed by atoms with van der Waals surface area (Å²) in [5.41, 5.74) is 1.42. The van der Waals surface area contributed by atoms with Gasteiger partial charge in [0.1, 0.15) is 0 Å². The number of carbonyl (C=O) groups excluding carboxylic acids is 1. The molecule has 4 heteroatoms. The van der Waals surface area contributed by atoms with Crippen LogP contribution in [0.1, 0.15) is 16.1 Å². The van der Waals surface area contributed by atoms with E-state index >= 15 is 0 Å². The number of para-hydroxylation sites is 1. The second-order valence-corrected chi connectivity index (χ2v) is 5.10. The van der Waals surface area contributed by atoms with Crippen molar-refractivity contribution in [1.29, 1.82) is 0 Å². The minimum atomic E-state index is -0.676. The lowest BCUT2D eigenvalue weighted by Gasteiger charge is -2.05. The highest BCUT2D eigenvalue weighted by Crippen LogP contribution is 2.20. The molecule has 0 aliphatic rings. The lowest BCUT2D eigenvalue weighted by Crippen LogP contribution is -2.07. The number of ketones is 1. The van der Waals surface area contributed by atoms with Gasteiger partial charge in [0.05, 0.1) is 22.5 Å². The van der Waals surface area contributed by atoms with Crippen LogP contribution in [0.2, 0.25) is 5.02 Å². The fraction of sp³-hybridized carbons (Fsp3) is 0.0588. The van der Waals surface area contributed by atoms with Crippen LogP contribution >= 0.6 is 11.6 Å². The summed E-state index contributed by atoms with van der Waals surface area (Å²) in [6, 6.07) is 15.7. The van der Waals surface area contributed by atoms with E-state index in [1.807, 2.05) is 30.3 Å². The number of Topliss-reactive ketones (excluding diaryl/α,β-unsaturated/α-hetero) is 1. The summed E-state index contributed by atoms with van der Waals surface area (Å²) >= 11 is 5.70. The third-order valence-corrected chi connectivity index (χ3v) is 3.54. The van der Waals surface area contributed by atoms with Gasteiger partial charge in [-0.15, -0.1) is 0 Å². The van der Waals surface area contributed by atoms with Gasteiger partial charge in [0.2, 0.25) is 0 Å². The highest BCUT2D eigenvalue weighted by Gasteiger charge is 2.15. The minimum absolute atomic E-state index is 0.00235. The summed E-state index contributed by atoms with van der Waals surface area (Å²) in [6.07, 6.45) is 0.0437. The fourth-order valence-corrected chi connectivity index (χ4v) is 2.36. The molecule has 1 aromatic heterocycles. The van der Waals surface area contributed by atoms with Crippen LogP contribution in [0.4, 0.5) is 4.39 Å². The van der Waals surface area contributed by atoms with Crippen molar-refractivity contribution in [3.05, 3.63) is 76.7 Å². The van der Waals surface area contributed by atoms with Crippen molar-refractivity contribution in [3.8, 4) is 0 Å². The maximum Gasteiger partial charge on any atom is 0.171 e. The molecule has 0 fully saturated rings. The van der Waals surface area contributed by atoms with E-state index in [0.29, 0.717) is 5.69 Å². The van der Waals surface area contributed by atoms with Crippen LogP contribution in [0, 0.1) is 5.82 Å². The average Bonchev–Trinajstić information content (AvgIpc) is 2.50. The number of fused-ring (bicyclic) bond motifs is 1. The molecule has 0 radical (unpaired) electrons. The number of halogens is 2. The molecule has 0 saturated heterocycles. The minimum Gasteiger partial charge on any atom is -0.294 e. The highest BCUT2D eigenvalue weighted by atomic mass is 35.5. The van der Waals surface area contributed by atoms with Crippen LogP contribution in [0.15, 0.2) is 54.6 Å². The zero-order chi connectivity index (χ0) is 14.8. The third-order valence-electron chi connectivity index (χ3n) is 3.25. The van der Waals surface area contributed by atoms with Gasteiger partial charge in [-0.2, -0.15) is 0 Å². The molecule has 0 unspecified atom stereocenters. The first kappa shape index (κ1) is 13.7. The van der Waals surface area contributed by atoms with Gasteiger partial charge >= 0.3 is 0 Å². The van der Waals surface area contributed by atoms with Gasteiger partial charge < -0.3 is 0 Å². The molecule has 2 aromatic carbocycles. The van der Waals surface area contributed by atoms with E-state index in [9.17, 15) is 9.18 Å². The average molecular weight is 300 g/mol. The molecule has 0 N–H and O–H groups in total. The molecule has 21 heavy (non-hydrogen) atoms. The van der Waals surface area contributed by atoms with Crippen molar-refractivity contribution >= 4 is 28.3 Å². The smallest absolute Gasteiger partial charge is 0.171 e. The van der Waals surface area contributed by atoms with E-state index in [2.05, 4.69) is 4.98 Å². The number of pyridine rings is 1. The Morgan fingerprint density at radius 1 is 1.05 bits per heavy atom. The van der Waals surface area contributed by atoms with Gasteiger partial charge in [-0.3, -0.25) is 9.78 Å². The summed E-state index contributed by atoms with van der Waals surface area (Å²) in [4.78, 5) is 16.6. The maximum absolute atomic E-state index is 13.8. The van der Waals surface area contributed by atoms with Crippen molar-refractivity contribution in [2.24, 2.45) is 0 Å². The first-order chi connectivity index (χ1) is 10.1. The Hall–Kier alpha value is -2.26. The van der Waals surface area contributed by atoms with Gasteiger partial charge in [0, 0.05) is 11.1 Å². The van der Waals surface area contributed by atoms with Gasteiger partial charge in [-0.1, -0.05) is 41.9 Å². The molecule has 104 valence electrons. The number of benzene rings is 2. The zero-order valence-corrected chi connectivity index (χ0v) is 11.8. The van der Waals surface area contributed by atoms with Crippen LogP contribution in [0.3, 0.4) is 0 Å². The summed E-state index contributed by atoms with van der Waals surface area (Å²) < 4.78 is 13.8. The van der Waals surface area contributed by atoms with Crippen molar-refractivity contribution in [3.63, 3.8) is 0 Å². The van der Waals surface area contributed by atoms with E-state index in [1.54, 1.807) is 12.1 Å². The monoisotopic (exact) mass is 299 g/mol. The van der Waals surface area contributed by atoms with E-state index in [4.69, 9.17) is 11.6 Å². The molecular weight excluding hydrogens is 289 g/mol. The number of aromatic nitrogens is 1. The predicted molar refractivity (Wildman–Crippen MR) is 81.2 cm³/mol. The number of hydrogen-bond acceptors (Lipinski definition) is 2. The number of hydrogen-bond donors (Lipinski definition) is 0. The van der Waals surface area contributed by atoms with Crippen LogP contribution in [-0.4, -0.2) is 10.8 Å². The van der Waals surface area contributed by atoms with Crippen LogP contribution < -0.4 is 0 Å². The molecule has 1 heterocycles. The molecule has 0 bridgehead atoms. The lowest BCUT2D eigenvalue weighted by atomic mass is 10.0. The van der Waals surface area contributed by atoms with E-state index < -0.39 is 5.82 Å². The number of nitrogens with zero attached hydrogens (tertiary/aromatic N) is 1. The Morgan fingerprint density at radius 2 is 1.86 bits per heavy atom. The predicted octanol–water partition coefficient (Wildman–Crippen LogP) is 4.45. The van der Waals surface area contributed by atoms with E-state index in [-0.39, 0.29) is 22.8 Å². The second kappa shape index (κ2) is 5.62. The Bertz CT molecular complexity index is 832. The van der Waals surface area contributed by atoms with Crippen LogP contribution in [0.25, 0.3) is 10.9 Å². The standard InChI is InChI=1S/C17H11ClFNO/c18-14-6-3-5-13(17(14)19)16(21)10-12-9-8-11-4-1-2-7-15(11)20-12/h1-9H,10H2. The van der Waals surface area contributed by atoms with Crippen molar-refractivity contribution in [2.75, 3.05) is 0 Å². The van der Waals surface area contributed by atoms with Crippen LogP contribution in [-0.2, 0) is 6.42 Å². The molecular formula is C17H11ClFNO. The molecule has 0 spiro atoms. The Balaban J connectivity index is 1.91. The molecule has 3 rings (SSSR count). The first-order valence-electron chi connectivity index (χ1n) is 6.47. The van der Waals surface area contributed by atoms with Gasteiger partial charge in [0.15, 0.2) is 11.6 Å². The lowest BCUT2D eigenvalue weighted by molar-refractivity contribution is 0.0988. The Labute approximate surface area is 126 Å². The maximum atomic E-state index is 13.8. The second-order valence-electron chi connectivity index (χ2n) is 4.70. The van der Waals surface area contributed by atoms with E-state index in [0.717, 1.165) is 10.9 Å². The van der Waals surface area contributed by atoms with Crippen molar-refractivity contribution < 1.29 is 9.18 Å². The molecule has 0 aliphatic heterocycles. The topological polar surface area (TPSA) is 30.0 Å². The molecule has 3 aromatic rings. The summed E-state index contributed by atoms with van der Waals surface area (Å²) in [6.45, 7) is 0. The van der Waals surface area contributed by atoms with Crippen molar-refractivity contribution in [1.82, 2.24) is 4.98 Å². The molecule has 0 amide bonds. The molecule has 0 aliphatic carbocycles. The van der Waals surface area contributed by atoms with Gasteiger partial charge in [0.25, 0.3) is 0 Å². The van der Waals surface area contributed by atoms with E-state index in [1.165, 1.54) is 12.1 Å². The normalized spacial score (nSPS) is 10.8. The summed E-state index contributed by atoms with van der Waals surface area (Å²) in [5, 5.41) is 0.954.